The Morgan fingerprint density at radius 2 is 1.57 bits per heavy atom. The molecule has 0 radical (unpaired) electrons. The first kappa shape index (κ1) is 32.5. The maximum atomic E-state index is 13.0. The van der Waals surface area contributed by atoms with Crippen molar-refractivity contribution in [2.75, 3.05) is 13.1 Å². The highest BCUT2D eigenvalue weighted by Crippen LogP contribution is 2.16. The van der Waals surface area contributed by atoms with Gasteiger partial charge in [0.15, 0.2) is 0 Å². The van der Waals surface area contributed by atoms with Gasteiger partial charge in [0, 0.05) is 6.42 Å². The number of rotatable bonds is 15. The predicted octanol–water partition coefficient (Wildman–Crippen LogP) is 2.53. The Hall–Kier alpha value is -2.49. The molecule has 0 fully saturated rings. The Kier molecular flexibility index (Phi) is 15.1. The topological polar surface area (TPSA) is 148 Å². The highest BCUT2D eigenvalue weighted by molar-refractivity contribution is 5.98. The first-order valence-electron chi connectivity index (χ1n) is 12.5. The number of aldehydes is 1. The van der Waals surface area contributed by atoms with Gasteiger partial charge in [0.25, 0.3) is 5.91 Å². The van der Waals surface area contributed by atoms with Crippen molar-refractivity contribution in [1.29, 1.82) is 0 Å². The van der Waals surface area contributed by atoms with Crippen molar-refractivity contribution >= 4 is 30.1 Å². The van der Waals surface area contributed by atoms with E-state index in [4.69, 9.17) is 10.5 Å². The fourth-order valence-electron chi connectivity index (χ4n) is 3.39. The molecule has 0 aliphatic rings. The molecule has 10 heteroatoms. The molecular weight excluding hydrogens is 452 g/mol. The van der Waals surface area contributed by atoms with Crippen LogP contribution in [0.25, 0.3) is 0 Å². The summed E-state index contributed by atoms with van der Waals surface area (Å²) in [6.07, 6.45) is 2.85. The van der Waals surface area contributed by atoms with Crippen LogP contribution >= 0.6 is 0 Å². The molecule has 2 atom stereocenters. The van der Waals surface area contributed by atoms with Gasteiger partial charge in [-0.1, -0.05) is 34.1 Å². The van der Waals surface area contributed by atoms with Crippen LogP contribution in [0.5, 0.6) is 0 Å². The zero-order valence-corrected chi connectivity index (χ0v) is 22.5. The van der Waals surface area contributed by atoms with Gasteiger partial charge >= 0.3 is 6.09 Å². The summed E-state index contributed by atoms with van der Waals surface area (Å²) in [6, 6.07) is -1.84. The van der Waals surface area contributed by atoms with E-state index in [0.29, 0.717) is 25.7 Å². The number of imide groups is 1. The minimum atomic E-state index is -1.02. The number of nitrogens with zero attached hydrogens (tertiary/aromatic N) is 1. The average Bonchev–Trinajstić information content (AvgIpc) is 2.72. The first-order chi connectivity index (χ1) is 16.2. The van der Waals surface area contributed by atoms with E-state index in [1.807, 2.05) is 27.7 Å². The minimum absolute atomic E-state index is 0.0352. The van der Waals surface area contributed by atoms with Crippen LogP contribution in [0.2, 0.25) is 0 Å². The van der Waals surface area contributed by atoms with E-state index < -0.39 is 42.1 Å². The third-order valence-electron chi connectivity index (χ3n) is 4.94. The third kappa shape index (κ3) is 14.5. The fourth-order valence-corrected chi connectivity index (χ4v) is 3.39. The molecule has 0 heterocycles. The summed E-state index contributed by atoms with van der Waals surface area (Å²) in [5, 5.41) is 5.25. The lowest BCUT2D eigenvalue weighted by Gasteiger charge is -2.30. The Balaban J connectivity index is 5.36. The molecule has 0 aliphatic carbocycles. The number of ether oxygens (including phenoxy) is 1. The molecule has 35 heavy (non-hydrogen) atoms. The highest BCUT2D eigenvalue weighted by atomic mass is 16.6. The Morgan fingerprint density at radius 1 is 0.971 bits per heavy atom. The summed E-state index contributed by atoms with van der Waals surface area (Å²) in [6.45, 7) is 12.6. The fraction of sp³-hybridized carbons (Fsp3) is 0.800. The average molecular weight is 499 g/mol. The molecule has 4 amide bonds. The molecule has 2 unspecified atom stereocenters. The molecule has 0 aromatic carbocycles. The van der Waals surface area contributed by atoms with Crippen molar-refractivity contribution in [3.63, 3.8) is 0 Å². The maximum Gasteiger partial charge on any atom is 0.417 e. The second kappa shape index (κ2) is 16.2. The van der Waals surface area contributed by atoms with E-state index >= 15 is 0 Å². The van der Waals surface area contributed by atoms with Crippen molar-refractivity contribution in [3.05, 3.63) is 0 Å². The lowest BCUT2D eigenvalue weighted by atomic mass is 10.0. The predicted molar refractivity (Wildman–Crippen MR) is 134 cm³/mol. The summed E-state index contributed by atoms with van der Waals surface area (Å²) in [7, 11) is 0. The second-order valence-electron chi connectivity index (χ2n) is 10.6. The van der Waals surface area contributed by atoms with Crippen LogP contribution < -0.4 is 16.4 Å². The minimum Gasteiger partial charge on any atom is -0.443 e. The van der Waals surface area contributed by atoms with E-state index in [2.05, 4.69) is 10.6 Å². The van der Waals surface area contributed by atoms with Crippen LogP contribution in [0.1, 0.15) is 87.0 Å². The lowest BCUT2D eigenvalue weighted by Crippen LogP contribution is -2.54. The highest BCUT2D eigenvalue weighted by Gasteiger charge is 2.34. The maximum absolute atomic E-state index is 13.0. The van der Waals surface area contributed by atoms with Crippen molar-refractivity contribution in [2.24, 2.45) is 17.6 Å². The molecule has 0 aromatic rings. The number of carbonyl (C=O) groups excluding carboxylic acids is 5. The van der Waals surface area contributed by atoms with Crippen LogP contribution in [0.15, 0.2) is 0 Å². The quantitative estimate of drug-likeness (QED) is 0.232. The van der Waals surface area contributed by atoms with Gasteiger partial charge in [0.2, 0.25) is 11.8 Å². The molecule has 0 bridgehead atoms. The number of amides is 4. The number of unbranched alkanes of at least 4 members (excludes halogenated alkanes) is 2. The molecule has 0 rings (SSSR count). The number of nitrogens with two attached hydrogens (primary N) is 1. The summed E-state index contributed by atoms with van der Waals surface area (Å²) in [5.41, 5.74) is 4.59. The number of hydrogen-bond donors (Lipinski definition) is 3. The molecule has 0 aromatic heterocycles. The van der Waals surface area contributed by atoms with Gasteiger partial charge in [-0.3, -0.25) is 14.4 Å². The Morgan fingerprint density at radius 3 is 2.06 bits per heavy atom. The molecular formula is C25H46N4O6. The monoisotopic (exact) mass is 498 g/mol. The smallest absolute Gasteiger partial charge is 0.417 e. The Bertz CT molecular complexity index is 703. The van der Waals surface area contributed by atoms with Gasteiger partial charge in [-0.2, -0.15) is 0 Å². The van der Waals surface area contributed by atoms with Crippen LogP contribution in [-0.2, 0) is 23.9 Å². The summed E-state index contributed by atoms with van der Waals surface area (Å²) in [5.74, 6) is -1.39. The molecule has 0 aliphatic heterocycles. The van der Waals surface area contributed by atoms with Gasteiger partial charge in [-0.05, 0) is 64.8 Å². The van der Waals surface area contributed by atoms with Gasteiger partial charge in [-0.25, -0.2) is 9.69 Å². The van der Waals surface area contributed by atoms with E-state index in [9.17, 15) is 24.0 Å². The summed E-state index contributed by atoms with van der Waals surface area (Å²) < 4.78 is 5.33. The zero-order valence-electron chi connectivity index (χ0n) is 22.5. The van der Waals surface area contributed by atoms with Crippen LogP contribution in [0, 0.1) is 11.8 Å². The third-order valence-corrected chi connectivity index (χ3v) is 4.94. The van der Waals surface area contributed by atoms with E-state index in [-0.39, 0.29) is 30.6 Å². The molecule has 0 saturated heterocycles. The molecule has 0 spiro atoms. The molecule has 10 nitrogen and oxygen atoms in total. The first-order valence-corrected chi connectivity index (χ1v) is 12.5. The number of hydrogen-bond acceptors (Lipinski definition) is 7. The SMILES string of the molecule is CC(C)CC(NC(=O)CCCCCN)C(=O)NCC(=O)N(C(=O)OC(C)(C)C)C(C=O)CC(C)C. The van der Waals surface area contributed by atoms with Crippen LogP contribution in [0.4, 0.5) is 4.79 Å². The van der Waals surface area contributed by atoms with Gasteiger partial charge in [0.05, 0.1) is 12.6 Å². The zero-order chi connectivity index (χ0) is 27.2. The van der Waals surface area contributed by atoms with Gasteiger partial charge in [0.1, 0.15) is 17.9 Å². The molecule has 4 N–H and O–H groups in total. The van der Waals surface area contributed by atoms with Crippen molar-refractivity contribution in [3.8, 4) is 0 Å². The van der Waals surface area contributed by atoms with E-state index in [1.54, 1.807) is 20.8 Å². The standard InChI is InChI=1S/C25H46N4O6/c1-17(2)13-19(16-30)29(24(34)35-25(5,6)7)22(32)15-27-23(33)20(14-18(3)4)28-21(31)11-9-8-10-12-26/h16-20H,8-15,26H2,1-7H3,(H,27,33)(H,28,31). The largest absolute Gasteiger partial charge is 0.443 e. The molecule has 0 saturated carbocycles. The Labute approximate surface area is 210 Å². The normalized spacial score (nSPS) is 13.2. The van der Waals surface area contributed by atoms with Crippen molar-refractivity contribution < 1.29 is 28.7 Å². The van der Waals surface area contributed by atoms with Gasteiger partial charge in [-0.15, -0.1) is 0 Å². The molecule has 202 valence electrons. The van der Waals surface area contributed by atoms with Crippen molar-refractivity contribution in [2.45, 2.75) is 105 Å². The summed E-state index contributed by atoms with van der Waals surface area (Å²) >= 11 is 0. The summed E-state index contributed by atoms with van der Waals surface area (Å²) in [4.78, 5) is 63.4. The van der Waals surface area contributed by atoms with Gasteiger partial charge < -0.3 is 25.9 Å². The second-order valence-corrected chi connectivity index (χ2v) is 10.6. The lowest BCUT2D eigenvalue weighted by molar-refractivity contribution is -0.137. The van der Waals surface area contributed by atoms with Crippen molar-refractivity contribution in [1.82, 2.24) is 15.5 Å². The van der Waals surface area contributed by atoms with Crippen LogP contribution in [-0.4, -0.2) is 65.8 Å². The van der Waals surface area contributed by atoms with E-state index in [1.165, 1.54) is 0 Å². The number of carbonyl (C=O) groups is 5. The van der Waals surface area contributed by atoms with Crippen LogP contribution in [0.3, 0.4) is 0 Å². The number of nitrogens with one attached hydrogen (secondary N) is 2. The van der Waals surface area contributed by atoms with E-state index in [0.717, 1.165) is 17.7 Å².